The van der Waals surface area contributed by atoms with Gasteiger partial charge in [-0.15, -0.1) is 11.3 Å². The Morgan fingerprint density at radius 3 is 2.71 bits per heavy atom. The third kappa shape index (κ3) is 3.24. The highest BCUT2D eigenvalue weighted by Crippen LogP contribution is 2.29. The van der Waals surface area contributed by atoms with Gasteiger partial charge in [-0.25, -0.2) is 0 Å². The molecule has 0 saturated carbocycles. The molecule has 0 bridgehead atoms. The van der Waals surface area contributed by atoms with Gasteiger partial charge in [0.05, 0.1) is 0 Å². The standard InChI is InChI=1S/C12H12Br2N2S/c1-7-2-12(10(14)4-11(7)15)16-5-9-3-8(13)6-17-9/h2-4,6,16H,5,15H2,1H3. The van der Waals surface area contributed by atoms with Crippen LogP contribution in [0.25, 0.3) is 0 Å². The molecule has 0 fully saturated rings. The Labute approximate surface area is 121 Å². The first-order valence-electron chi connectivity index (χ1n) is 5.08. The van der Waals surface area contributed by atoms with E-state index < -0.39 is 0 Å². The Balaban J connectivity index is 2.11. The van der Waals surface area contributed by atoms with Crippen molar-refractivity contribution in [1.29, 1.82) is 0 Å². The molecular formula is C12H12Br2N2S. The minimum Gasteiger partial charge on any atom is -0.398 e. The van der Waals surface area contributed by atoms with E-state index in [1.54, 1.807) is 11.3 Å². The van der Waals surface area contributed by atoms with Crippen molar-refractivity contribution in [3.05, 3.63) is 43.0 Å². The van der Waals surface area contributed by atoms with Crippen LogP contribution in [0, 0.1) is 6.92 Å². The molecular weight excluding hydrogens is 364 g/mol. The van der Waals surface area contributed by atoms with Gasteiger partial charge in [0.2, 0.25) is 0 Å². The Kier molecular flexibility index (Phi) is 4.12. The highest BCUT2D eigenvalue weighted by atomic mass is 79.9. The maximum Gasteiger partial charge on any atom is 0.0494 e. The lowest BCUT2D eigenvalue weighted by atomic mass is 10.2. The second-order valence-electron chi connectivity index (χ2n) is 3.77. The molecule has 0 unspecified atom stereocenters. The summed E-state index contributed by atoms with van der Waals surface area (Å²) in [5.41, 5.74) is 8.80. The Hall–Kier alpha value is -0.520. The van der Waals surface area contributed by atoms with Crippen molar-refractivity contribution < 1.29 is 0 Å². The van der Waals surface area contributed by atoms with Crippen LogP contribution >= 0.6 is 43.2 Å². The van der Waals surface area contributed by atoms with E-state index in [9.17, 15) is 0 Å². The van der Waals surface area contributed by atoms with Gasteiger partial charge in [-0.3, -0.25) is 0 Å². The molecule has 2 rings (SSSR count). The molecule has 0 aliphatic heterocycles. The molecule has 2 aromatic rings. The van der Waals surface area contributed by atoms with Crippen LogP contribution in [-0.4, -0.2) is 0 Å². The number of benzene rings is 1. The summed E-state index contributed by atoms with van der Waals surface area (Å²) in [7, 11) is 0. The van der Waals surface area contributed by atoms with Crippen molar-refractivity contribution in [2.24, 2.45) is 0 Å². The van der Waals surface area contributed by atoms with Crippen molar-refractivity contribution in [2.75, 3.05) is 11.1 Å². The SMILES string of the molecule is Cc1cc(NCc2cc(Br)cs2)c(Br)cc1N. The molecule has 0 saturated heterocycles. The van der Waals surface area contributed by atoms with Gasteiger partial charge in [0.25, 0.3) is 0 Å². The van der Waals surface area contributed by atoms with E-state index in [0.717, 1.165) is 32.4 Å². The topological polar surface area (TPSA) is 38.0 Å². The molecule has 1 aromatic heterocycles. The highest BCUT2D eigenvalue weighted by Gasteiger charge is 2.04. The third-order valence-electron chi connectivity index (χ3n) is 2.43. The van der Waals surface area contributed by atoms with Gasteiger partial charge < -0.3 is 11.1 Å². The van der Waals surface area contributed by atoms with Crippen molar-refractivity contribution in [3.63, 3.8) is 0 Å². The maximum atomic E-state index is 5.84. The first-order chi connectivity index (χ1) is 8.06. The number of nitrogens with two attached hydrogens (primary N) is 1. The molecule has 0 atom stereocenters. The normalized spacial score (nSPS) is 10.5. The van der Waals surface area contributed by atoms with Gasteiger partial charge in [-0.05, 0) is 62.5 Å². The molecule has 0 radical (unpaired) electrons. The van der Waals surface area contributed by atoms with E-state index >= 15 is 0 Å². The zero-order valence-corrected chi connectivity index (χ0v) is 13.2. The lowest BCUT2D eigenvalue weighted by Crippen LogP contribution is -2.00. The summed E-state index contributed by atoms with van der Waals surface area (Å²) in [4.78, 5) is 1.29. The van der Waals surface area contributed by atoms with Crippen LogP contribution < -0.4 is 11.1 Å². The molecule has 0 aliphatic rings. The number of rotatable bonds is 3. The monoisotopic (exact) mass is 374 g/mol. The number of halogens is 2. The molecule has 0 aliphatic carbocycles. The van der Waals surface area contributed by atoms with Crippen LogP contribution in [0.15, 0.2) is 32.5 Å². The lowest BCUT2D eigenvalue weighted by molar-refractivity contribution is 1.18. The van der Waals surface area contributed by atoms with E-state index in [2.05, 4.69) is 54.7 Å². The lowest BCUT2D eigenvalue weighted by Gasteiger charge is -2.10. The number of hydrogen-bond donors (Lipinski definition) is 2. The summed E-state index contributed by atoms with van der Waals surface area (Å²) in [6.07, 6.45) is 0. The predicted octanol–water partition coefficient (Wildman–Crippen LogP) is 4.78. The molecule has 17 heavy (non-hydrogen) atoms. The van der Waals surface area contributed by atoms with Crippen LogP contribution in [0.5, 0.6) is 0 Å². The third-order valence-corrected chi connectivity index (χ3v) is 4.78. The number of aryl methyl sites for hydroxylation is 1. The summed E-state index contributed by atoms with van der Waals surface area (Å²) in [6.45, 7) is 2.83. The zero-order valence-electron chi connectivity index (χ0n) is 9.26. The van der Waals surface area contributed by atoms with Crippen molar-refractivity contribution in [1.82, 2.24) is 0 Å². The summed E-state index contributed by atoms with van der Waals surface area (Å²) < 4.78 is 2.13. The molecule has 3 N–H and O–H groups in total. The zero-order chi connectivity index (χ0) is 12.4. The van der Waals surface area contributed by atoms with Crippen LogP contribution in [0.1, 0.15) is 10.4 Å². The number of nitrogen functional groups attached to an aromatic ring is 1. The second kappa shape index (κ2) is 5.42. The van der Waals surface area contributed by atoms with Gasteiger partial charge in [-0.2, -0.15) is 0 Å². The summed E-state index contributed by atoms with van der Waals surface area (Å²) >= 11 is 8.70. The number of anilines is 2. The Morgan fingerprint density at radius 1 is 1.29 bits per heavy atom. The summed E-state index contributed by atoms with van der Waals surface area (Å²) in [6, 6.07) is 6.11. The smallest absolute Gasteiger partial charge is 0.0494 e. The fourth-order valence-corrected chi connectivity index (χ4v) is 3.35. The van der Waals surface area contributed by atoms with E-state index in [-0.39, 0.29) is 0 Å². The van der Waals surface area contributed by atoms with Crippen LogP contribution in [0.4, 0.5) is 11.4 Å². The van der Waals surface area contributed by atoms with E-state index in [1.807, 2.05) is 13.0 Å². The van der Waals surface area contributed by atoms with Crippen LogP contribution in [0.2, 0.25) is 0 Å². The number of nitrogens with one attached hydrogen (secondary N) is 1. The molecule has 5 heteroatoms. The second-order valence-corrected chi connectivity index (χ2v) is 6.54. The first-order valence-corrected chi connectivity index (χ1v) is 7.55. The van der Waals surface area contributed by atoms with Crippen LogP contribution in [-0.2, 0) is 6.54 Å². The largest absolute Gasteiger partial charge is 0.398 e. The van der Waals surface area contributed by atoms with E-state index in [1.165, 1.54) is 4.88 Å². The molecule has 0 amide bonds. The van der Waals surface area contributed by atoms with Crippen LogP contribution in [0.3, 0.4) is 0 Å². The quantitative estimate of drug-likeness (QED) is 0.758. The van der Waals surface area contributed by atoms with Crippen molar-refractivity contribution in [2.45, 2.75) is 13.5 Å². The van der Waals surface area contributed by atoms with Gasteiger partial charge >= 0.3 is 0 Å². The molecule has 2 nitrogen and oxygen atoms in total. The minimum absolute atomic E-state index is 0.807. The van der Waals surface area contributed by atoms with Gasteiger partial charge in [0.15, 0.2) is 0 Å². The van der Waals surface area contributed by atoms with E-state index in [0.29, 0.717) is 0 Å². The fourth-order valence-electron chi connectivity index (χ4n) is 1.46. The molecule has 0 spiro atoms. The fraction of sp³-hybridized carbons (Fsp3) is 0.167. The maximum absolute atomic E-state index is 5.84. The predicted molar refractivity (Wildman–Crippen MR) is 82.6 cm³/mol. The summed E-state index contributed by atoms with van der Waals surface area (Å²) in [5.74, 6) is 0. The summed E-state index contributed by atoms with van der Waals surface area (Å²) in [5, 5.41) is 5.48. The minimum atomic E-state index is 0.807. The first kappa shape index (κ1) is 12.9. The molecule has 90 valence electrons. The number of thiophene rings is 1. The molecule has 1 aromatic carbocycles. The highest BCUT2D eigenvalue weighted by molar-refractivity contribution is 9.10. The van der Waals surface area contributed by atoms with E-state index in [4.69, 9.17) is 5.73 Å². The average molecular weight is 376 g/mol. The Bertz CT molecular complexity index is 537. The average Bonchev–Trinajstić information content (AvgIpc) is 2.68. The Morgan fingerprint density at radius 2 is 2.06 bits per heavy atom. The molecule has 1 heterocycles. The number of hydrogen-bond acceptors (Lipinski definition) is 3. The van der Waals surface area contributed by atoms with Gasteiger partial charge in [-0.1, -0.05) is 0 Å². The van der Waals surface area contributed by atoms with Crippen molar-refractivity contribution >= 4 is 54.6 Å². The van der Waals surface area contributed by atoms with Crippen molar-refractivity contribution in [3.8, 4) is 0 Å². The van der Waals surface area contributed by atoms with Gasteiger partial charge in [0, 0.05) is 37.1 Å². The van der Waals surface area contributed by atoms with Gasteiger partial charge in [0.1, 0.15) is 0 Å².